The van der Waals surface area contributed by atoms with E-state index >= 15 is 0 Å². The van der Waals surface area contributed by atoms with Gasteiger partial charge in [-0.1, -0.05) is 6.07 Å². The number of nitrogens with zero attached hydrogens (tertiary/aromatic N) is 1. The number of sulfonamides is 1. The Morgan fingerprint density at radius 3 is 2.43 bits per heavy atom. The first-order valence-electron chi connectivity index (χ1n) is 8.70. The Labute approximate surface area is 172 Å². The highest BCUT2D eigenvalue weighted by atomic mass is 32.2. The van der Waals surface area contributed by atoms with Gasteiger partial charge in [0.05, 0.1) is 17.0 Å². The van der Waals surface area contributed by atoms with E-state index in [1.807, 2.05) is 0 Å². The molecule has 1 aromatic heterocycles. The summed E-state index contributed by atoms with van der Waals surface area (Å²) in [5.41, 5.74) is 1.86. The van der Waals surface area contributed by atoms with Gasteiger partial charge in [-0.25, -0.2) is 13.6 Å². The van der Waals surface area contributed by atoms with Crippen molar-refractivity contribution in [1.82, 2.24) is 15.5 Å². The molecule has 0 saturated heterocycles. The fourth-order valence-electron chi connectivity index (χ4n) is 2.68. The SMILES string of the molecule is CNC(=O)Cc1ccc(-c2cc(C(=O)Nc3ccc(S(N)(=O)=O)cc3)[nH]n2)c(O)c1. The molecule has 10 nitrogen and oxygen atoms in total. The highest BCUT2D eigenvalue weighted by Crippen LogP contribution is 2.29. The number of nitrogens with two attached hydrogens (primary N) is 1. The summed E-state index contributed by atoms with van der Waals surface area (Å²) in [6.07, 6.45) is 0.128. The lowest BCUT2D eigenvalue weighted by Gasteiger charge is -2.05. The van der Waals surface area contributed by atoms with E-state index in [1.165, 1.54) is 43.4 Å². The van der Waals surface area contributed by atoms with Gasteiger partial charge >= 0.3 is 0 Å². The molecule has 3 aromatic rings. The van der Waals surface area contributed by atoms with Crippen LogP contribution in [-0.4, -0.2) is 42.6 Å². The lowest BCUT2D eigenvalue weighted by atomic mass is 10.0. The summed E-state index contributed by atoms with van der Waals surface area (Å²) in [5.74, 6) is -0.765. The number of hydrogen-bond acceptors (Lipinski definition) is 6. The Kier molecular flexibility index (Phi) is 5.85. The molecule has 0 unspecified atom stereocenters. The van der Waals surface area contributed by atoms with Crippen LogP contribution in [0.25, 0.3) is 11.3 Å². The minimum Gasteiger partial charge on any atom is -0.507 e. The maximum Gasteiger partial charge on any atom is 0.273 e. The number of anilines is 1. The summed E-state index contributed by atoms with van der Waals surface area (Å²) in [5, 5.41) is 27.0. The quantitative estimate of drug-likeness (QED) is 0.391. The first kappa shape index (κ1) is 21.0. The van der Waals surface area contributed by atoms with Crippen LogP contribution < -0.4 is 15.8 Å². The number of benzene rings is 2. The highest BCUT2D eigenvalue weighted by Gasteiger charge is 2.15. The van der Waals surface area contributed by atoms with Gasteiger partial charge in [0.15, 0.2) is 0 Å². The molecule has 11 heteroatoms. The van der Waals surface area contributed by atoms with Crippen LogP contribution in [0.2, 0.25) is 0 Å². The maximum absolute atomic E-state index is 12.4. The molecule has 156 valence electrons. The van der Waals surface area contributed by atoms with Crippen LogP contribution in [0.5, 0.6) is 5.75 Å². The third-order valence-corrected chi connectivity index (χ3v) is 5.17. The van der Waals surface area contributed by atoms with Crippen molar-refractivity contribution in [2.75, 3.05) is 12.4 Å². The van der Waals surface area contributed by atoms with Gasteiger partial charge in [-0.05, 0) is 48.0 Å². The topological polar surface area (TPSA) is 167 Å². The second kappa shape index (κ2) is 8.35. The van der Waals surface area contributed by atoms with Crippen LogP contribution in [0, 0.1) is 0 Å². The molecule has 0 aliphatic rings. The highest BCUT2D eigenvalue weighted by molar-refractivity contribution is 7.89. The van der Waals surface area contributed by atoms with Crippen LogP contribution in [0.1, 0.15) is 16.1 Å². The summed E-state index contributed by atoms with van der Waals surface area (Å²) in [6.45, 7) is 0. The van der Waals surface area contributed by atoms with E-state index in [4.69, 9.17) is 5.14 Å². The number of hydrogen-bond donors (Lipinski definition) is 5. The zero-order valence-electron chi connectivity index (χ0n) is 15.8. The standard InChI is InChI=1S/C19H19N5O5S/c1-21-18(26)9-11-2-7-14(17(25)8-11)15-10-16(24-23-15)19(27)22-12-3-5-13(6-4-12)30(20,28)29/h2-8,10,25H,9H2,1H3,(H,21,26)(H,22,27)(H,23,24)(H2,20,28,29). The van der Waals surface area contributed by atoms with Gasteiger partial charge in [-0.2, -0.15) is 5.10 Å². The van der Waals surface area contributed by atoms with Gasteiger partial charge in [0, 0.05) is 18.3 Å². The maximum atomic E-state index is 12.4. The van der Waals surface area contributed by atoms with Crippen LogP contribution >= 0.6 is 0 Å². The van der Waals surface area contributed by atoms with Crippen LogP contribution in [0.3, 0.4) is 0 Å². The van der Waals surface area contributed by atoms with Gasteiger partial charge < -0.3 is 15.7 Å². The molecule has 0 radical (unpaired) electrons. The van der Waals surface area contributed by atoms with Crippen molar-refractivity contribution >= 4 is 27.5 Å². The molecular weight excluding hydrogens is 410 g/mol. The Morgan fingerprint density at radius 1 is 1.13 bits per heavy atom. The van der Waals surface area contributed by atoms with Crippen molar-refractivity contribution in [1.29, 1.82) is 0 Å². The number of phenolic OH excluding ortho intramolecular Hbond substituents is 1. The van der Waals surface area contributed by atoms with Crippen molar-refractivity contribution in [3.8, 4) is 17.0 Å². The number of carbonyl (C=O) groups excluding carboxylic acids is 2. The molecule has 0 atom stereocenters. The number of primary sulfonamides is 1. The number of likely N-dealkylation sites (N-methyl/N-ethyl adjacent to an activating group) is 1. The summed E-state index contributed by atoms with van der Waals surface area (Å²) < 4.78 is 22.6. The molecule has 0 aliphatic heterocycles. The van der Waals surface area contributed by atoms with E-state index in [2.05, 4.69) is 20.8 Å². The largest absolute Gasteiger partial charge is 0.507 e. The van der Waals surface area contributed by atoms with Gasteiger partial charge in [0.2, 0.25) is 15.9 Å². The number of rotatable bonds is 6. The van der Waals surface area contributed by atoms with Crippen molar-refractivity contribution in [3.63, 3.8) is 0 Å². The number of nitrogens with one attached hydrogen (secondary N) is 3. The molecule has 2 aromatic carbocycles. The molecule has 0 fully saturated rings. The molecular formula is C19H19N5O5S. The third-order valence-electron chi connectivity index (χ3n) is 4.24. The van der Waals surface area contributed by atoms with E-state index in [9.17, 15) is 23.1 Å². The molecule has 2 amide bonds. The summed E-state index contributed by atoms with van der Waals surface area (Å²) in [7, 11) is -2.29. The monoisotopic (exact) mass is 429 g/mol. The number of carbonyl (C=O) groups is 2. The lowest BCUT2D eigenvalue weighted by molar-refractivity contribution is -0.119. The Hall–Kier alpha value is -3.70. The smallest absolute Gasteiger partial charge is 0.273 e. The van der Waals surface area contributed by atoms with Gasteiger partial charge in [0.1, 0.15) is 11.4 Å². The lowest BCUT2D eigenvalue weighted by Crippen LogP contribution is -2.19. The molecule has 30 heavy (non-hydrogen) atoms. The van der Waals surface area contributed by atoms with Gasteiger partial charge in [0.25, 0.3) is 5.91 Å². The normalized spacial score (nSPS) is 11.1. The zero-order chi connectivity index (χ0) is 21.9. The van der Waals surface area contributed by atoms with Crippen molar-refractivity contribution in [2.24, 2.45) is 5.14 Å². The second-order valence-electron chi connectivity index (χ2n) is 6.39. The Morgan fingerprint density at radius 2 is 1.83 bits per heavy atom. The number of aromatic amines is 1. The van der Waals surface area contributed by atoms with Crippen LogP contribution in [0.4, 0.5) is 5.69 Å². The number of H-pyrrole nitrogens is 1. The van der Waals surface area contributed by atoms with Crippen LogP contribution in [0.15, 0.2) is 53.4 Å². The number of phenols is 1. The van der Waals surface area contributed by atoms with Crippen LogP contribution in [-0.2, 0) is 21.2 Å². The average Bonchev–Trinajstić information content (AvgIpc) is 3.17. The number of amides is 2. The van der Waals surface area contributed by atoms with Crippen molar-refractivity contribution in [2.45, 2.75) is 11.3 Å². The average molecular weight is 429 g/mol. The van der Waals surface area contributed by atoms with E-state index in [-0.39, 0.29) is 28.7 Å². The van der Waals surface area contributed by atoms with Crippen molar-refractivity contribution in [3.05, 3.63) is 59.8 Å². The van der Waals surface area contributed by atoms with E-state index in [0.29, 0.717) is 22.5 Å². The number of aromatic hydroxyl groups is 1. The first-order chi connectivity index (χ1) is 14.2. The predicted molar refractivity (Wildman–Crippen MR) is 109 cm³/mol. The van der Waals surface area contributed by atoms with E-state index < -0.39 is 15.9 Å². The third kappa shape index (κ3) is 4.82. The number of aromatic nitrogens is 2. The molecule has 3 rings (SSSR count). The van der Waals surface area contributed by atoms with Crippen molar-refractivity contribution < 1.29 is 23.1 Å². The summed E-state index contributed by atoms with van der Waals surface area (Å²) in [4.78, 5) is 23.8. The van der Waals surface area contributed by atoms with E-state index in [1.54, 1.807) is 12.1 Å². The second-order valence-corrected chi connectivity index (χ2v) is 7.95. The van der Waals surface area contributed by atoms with Gasteiger partial charge in [-0.3, -0.25) is 14.7 Å². The Balaban J connectivity index is 1.74. The fraction of sp³-hybridized carbons (Fsp3) is 0.105. The van der Waals surface area contributed by atoms with Gasteiger partial charge in [-0.15, -0.1) is 0 Å². The van der Waals surface area contributed by atoms with E-state index in [0.717, 1.165) is 0 Å². The molecule has 0 spiro atoms. The first-order valence-corrected chi connectivity index (χ1v) is 10.2. The minimum absolute atomic E-state index is 0.0698. The summed E-state index contributed by atoms with van der Waals surface area (Å²) in [6, 6.07) is 11.6. The molecule has 0 bridgehead atoms. The minimum atomic E-state index is -3.82. The fourth-order valence-corrected chi connectivity index (χ4v) is 3.20. The predicted octanol–water partition coefficient (Wildman–Crippen LogP) is 0.970. The molecule has 0 saturated carbocycles. The Bertz CT molecular complexity index is 1200. The molecule has 0 aliphatic carbocycles. The zero-order valence-corrected chi connectivity index (χ0v) is 16.7. The summed E-state index contributed by atoms with van der Waals surface area (Å²) >= 11 is 0. The molecule has 1 heterocycles. The molecule has 6 N–H and O–H groups in total.